The van der Waals surface area contributed by atoms with Crippen LogP contribution < -0.4 is 4.31 Å². The van der Waals surface area contributed by atoms with Crippen LogP contribution >= 0.6 is 11.3 Å². The van der Waals surface area contributed by atoms with Gasteiger partial charge in [0.2, 0.25) is 0 Å². The molecule has 2 rings (SSSR count). The van der Waals surface area contributed by atoms with Crippen LogP contribution in [0, 0.1) is 17.0 Å². The van der Waals surface area contributed by atoms with Gasteiger partial charge < -0.3 is 4.74 Å². The minimum Gasteiger partial charge on any atom is -0.468 e. The summed E-state index contributed by atoms with van der Waals surface area (Å²) in [5.41, 5.74) is -0.0294. The van der Waals surface area contributed by atoms with Gasteiger partial charge in [-0.05, 0) is 24.4 Å². The van der Waals surface area contributed by atoms with Crippen molar-refractivity contribution in [1.29, 1.82) is 0 Å². The summed E-state index contributed by atoms with van der Waals surface area (Å²) in [7, 11) is -2.92. The van der Waals surface area contributed by atoms with Crippen molar-refractivity contribution in [1.82, 2.24) is 0 Å². The number of ether oxygens (including phenoxy) is 1. The van der Waals surface area contributed by atoms with Crippen LogP contribution in [0.15, 0.2) is 39.9 Å². The molecule has 24 heavy (non-hydrogen) atoms. The lowest BCUT2D eigenvalue weighted by Crippen LogP contribution is -2.36. The van der Waals surface area contributed by atoms with E-state index in [2.05, 4.69) is 4.74 Å². The number of esters is 1. The number of hydrogen-bond acceptors (Lipinski definition) is 7. The minimum atomic E-state index is -4.05. The minimum absolute atomic E-state index is 0.0253. The summed E-state index contributed by atoms with van der Waals surface area (Å²) >= 11 is 0.988. The van der Waals surface area contributed by atoms with Gasteiger partial charge in [-0.2, -0.15) is 0 Å². The van der Waals surface area contributed by atoms with Crippen molar-refractivity contribution >= 4 is 38.7 Å². The van der Waals surface area contributed by atoms with Crippen LogP contribution in [-0.2, 0) is 19.6 Å². The predicted octanol–water partition coefficient (Wildman–Crippen LogP) is 2.33. The zero-order valence-electron chi connectivity index (χ0n) is 12.8. The Morgan fingerprint density at radius 2 is 2.04 bits per heavy atom. The Bertz CT molecular complexity index is 861. The number of hydrogen-bond donors (Lipinski definition) is 0. The molecular formula is C14H14N2O6S2. The highest BCUT2D eigenvalue weighted by Gasteiger charge is 2.31. The first kappa shape index (κ1) is 17.9. The molecule has 1 aromatic heterocycles. The van der Waals surface area contributed by atoms with E-state index in [4.69, 9.17) is 0 Å². The molecule has 0 radical (unpaired) electrons. The molecule has 0 fully saturated rings. The highest BCUT2D eigenvalue weighted by molar-refractivity contribution is 7.94. The van der Waals surface area contributed by atoms with Gasteiger partial charge in [0.1, 0.15) is 10.8 Å². The average Bonchev–Trinajstić information content (AvgIpc) is 3.07. The molecule has 1 heterocycles. The summed E-state index contributed by atoms with van der Waals surface area (Å²) in [5.74, 6) is -0.777. The monoisotopic (exact) mass is 370 g/mol. The summed E-state index contributed by atoms with van der Waals surface area (Å²) < 4.78 is 31.1. The molecule has 2 aromatic rings. The Balaban J connectivity index is 2.62. The number of benzene rings is 1. The zero-order chi connectivity index (χ0) is 17.9. The van der Waals surface area contributed by atoms with Gasteiger partial charge >= 0.3 is 5.97 Å². The second-order valence-electron chi connectivity index (χ2n) is 4.70. The molecule has 0 bridgehead atoms. The van der Waals surface area contributed by atoms with Crippen molar-refractivity contribution < 1.29 is 22.9 Å². The third-order valence-electron chi connectivity index (χ3n) is 3.28. The molecule has 0 unspecified atom stereocenters. The number of carbonyl (C=O) groups is 1. The van der Waals surface area contributed by atoms with E-state index in [-0.39, 0.29) is 21.1 Å². The molecule has 0 N–H and O–H groups in total. The fraction of sp³-hybridized carbons (Fsp3) is 0.214. The average molecular weight is 370 g/mol. The SMILES string of the molecule is COC(=O)CN(c1cccc([N+](=O)[O-])c1C)S(=O)(=O)c1cccs1. The fourth-order valence-corrected chi connectivity index (χ4v) is 4.65. The number of methoxy groups -OCH3 is 1. The summed E-state index contributed by atoms with van der Waals surface area (Å²) in [6.45, 7) is 0.848. The van der Waals surface area contributed by atoms with E-state index in [1.54, 1.807) is 11.4 Å². The Kier molecular flexibility index (Phi) is 5.20. The molecule has 0 aliphatic carbocycles. The topological polar surface area (TPSA) is 107 Å². The molecule has 10 heteroatoms. The first-order valence-corrected chi connectivity index (χ1v) is 8.98. The molecule has 8 nitrogen and oxygen atoms in total. The first-order chi connectivity index (χ1) is 11.3. The van der Waals surface area contributed by atoms with Crippen LogP contribution in [-0.4, -0.2) is 33.0 Å². The van der Waals surface area contributed by atoms with Crippen LogP contribution in [0.2, 0.25) is 0 Å². The lowest BCUT2D eigenvalue weighted by atomic mass is 10.1. The van der Waals surface area contributed by atoms with Gasteiger partial charge in [0.15, 0.2) is 0 Å². The highest BCUT2D eigenvalue weighted by Crippen LogP contribution is 2.33. The first-order valence-electron chi connectivity index (χ1n) is 6.66. The van der Waals surface area contributed by atoms with Crippen molar-refractivity contribution in [3.05, 3.63) is 51.4 Å². The van der Waals surface area contributed by atoms with E-state index < -0.39 is 27.5 Å². The van der Waals surface area contributed by atoms with Gasteiger partial charge in [0.05, 0.1) is 23.3 Å². The molecule has 0 saturated heterocycles. The Labute approximate surface area is 142 Å². The van der Waals surface area contributed by atoms with Crippen molar-refractivity contribution in [3.8, 4) is 0 Å². The molecule has 0 saturated carbocycles. The van der Waals surface area contributed by atoms with Gasteiger partial charge in [0, 0.05) is 6.07 Å². The van der Waals surface area contributed by atoms with E-state index in [0.717, 1.165) is 22.8 Å². The predicted molar refractivity (Wildman–Crippen MR) is 88.7 cm³/mol. The number of nitro benzene ring substituents is 1. The molecule has 0 atom stereocenters. The third-order valence-corrected chi connectivity index (χ3v) is 6.41. The van der Waals surface area contributed by atoms with Crippen molar-refractivity contribution in [3.63, 3.8) is 0 Å². The summed E-state index contributed by atoms with van der Waals surface area (Å²) in [4.78, 5) is 22.2. The molecule has 0 spiro atoms. The van der Waals surface area contributed by atoms with E-state index >= 15 is 0 Å². The van der Waals surface area contributed by atoms with Crippen molar-refractivity contribution in [2.24, 2.45) is 0 Å². The van der Waals surface area contributed by atoms with Gasteiger partial charge in [-0.15, -0.1) is 11.3 Å². The lowest BCUT2D eigenvalue weighted by Gasteiger charge is -2.24. The molecule has 1 aromatic carbocycles. The van der Waals surface area contributed by atoms with Gasteiger partial charge in [-0.3, -0.25) is 19.2 Å². The van der Waals surface area contributed by atoms with Gasteiger partial charge in [-0.1, -0.05) is 12.1 Å². The second kappa shape index (κ2) is 6.97. The van der Waals surface area contributed by atoms with E-state index in [9.17, 15) is 23.3 Å². The number of anilines is 1. The van der Waals surface area contributed by atoms with Gasteiger partial charge in [0.25, 0.3) is 15.7 Å². The third kappa shape index (κ3) is 3.39. The summed E-state index contributed by atoms with van der Waals surface area (Å²) in [5, 5.41) is 12.7. The maximum absolute atomic E-state index is 12.8. The van der Waals surface area contributed by atoms with Crippen LogP contribution in [0.3, 0.4) is 0 Å². The van der Waals surface area contributed by atoms with E-state index in [1.165, 1.54) is 31.2 Å². The molecule has 0 aliphatic rings. The maximum Gasteiger partial charge on any atom is 0.326 e. The number of rotatable bonds is 6. The summed E-state index contributed by atoms with van der Waals surface area (Å²) in [6, 6.07) is 7.02. The molecule has 128 valence electrons. The number of nitro groups is 1. The van der Waals surface area contributed by atoms with Crippen LogP contribution in [0.25, 0.3) is 0 Å². The van der Waals surface area contributed by atoms with Crippen LogP contribution in [0.1, 0.15) is 5.56 Å². The Hall–Kier alpha value is -2.46. The number of carbonyl (C=O) groups excluding carboxylic acids is 1. The Morgan fingerprint density at radius 1 is 1.33 bits per heavy atom. The van der Waals surface area contributed by atoms with E-state index in [0.29, 0.717) is 0 Å². The quantitative estimate of drug-likeness (QED) is 0.439. The number of thiophene rings is 1. The van der Waals surface area contributed by atoms with E-state index in [1.807, 2.05) is 0 Å². The molecule has 0 amide bonds. The normalized spacial score (nSPS) is 11.1. The van der Waals surface area contributed by atoms with Crippen LogP contribution in [0.5, 0.6) is 0 Å². The van der Waals surface area contributed by atoms with Gasteiger partial charge in [-0.25, -0.2) is 8.42 Å². The molecule has 0 aliphatic heterocycles. The Morgan fingerprint density at radius 3 is 2.58 bits per heavy atom. The van der Waals surface area contributed by atoms with Crippen molar-refractivity contribution in [2.45, 2.75) is 11.1 Å². The smallest absolute Gasteiger partial charge is 0.326 e. The standard InChI is InChI=1S/C14H14N2O6S2/c1-10-11(5-3-6-12(10)16(18)19)15(9-13(17)22-2)24(20,21)14-7-4-8-23-14/h3-8H,9H2,1-2H3. The number of nitrogens with zero attached hydrogens (tertiary/aromatic N) is 2. The molecular weight excluding hydrogens is 356 g/mol. The summed E-state index contributed by atoms with van der Waals surface area (Å²) in [6.07, 6.45) is 0. The number of sulfonamides is 1. The fourth-order valence-electron chi connectivity index (χ4n) is 2.08. The van der Waals surface area contributed by atoms with Crippen molar-refractivity contribution in [2.75, 3.05) is 18.0 Å². The maximum atomic E-state index is 12.8. The zero-order valence-corrected chi connectivity index (χ0v) is 14.5. The largest absolute Gasteiger partial charge is 0.468 e. The van der Waals surface area contributed by atoms with Crippen LogP contribution in [0.4, 0.5) is 11.4 Å². The highest BCUT2D eigenvalue weighted by atomic mass is 32.2. The lowest BCUT2D eigenvalue weighted by molar-refractivity contribution is -0.385. The second-order valence-corrected chi connectivity index (χ2v) is 7.74.